The average molecular weight is 265 g/mol. The third kappa shape index (κ3) is 1.81. The van der Waals surface area contributed by atoms with Gasteiger partial charge in [-0.25, -0.2) is 0 Å². The molecule has 2 saturated carbocycles. The van der Waals surface area contributed by atoms with Gasteiger partial charge in [-0.3, -0.25) is 4.79 Å². The Hall–Kier alpha value is -0.410. The van der Waals surface area contributed by atoms with Crippen LogP contribution < -0.4 is 0 Å². The number of hydrogen-bond donors (Lipinski definition) is 1. The first-order chi connectivity index (χ1) is 8.98. The molecule has 108 valence electrons. The molecular formula is C16H27NO2. The number of carbonyl (C=O) groups is 1. The van der Waals surface area contributed by atoms with Gasteiger partial charge in [0, 0.05) is 13.0 Å². The summed E-state index contributed by atoms with van der Waals surface area (Å²) >= 11 is 0. The molecule has 0 unspecified atom stereocenters. The summed E-state index contributed by atoms with van der Waals surface area (Å²) in [7, 11) is 0. The third-order valence-corrected chi connectivity index (χ3v) is 6.44. The fourth-order valence-electron chi connectivity index (χ4n) is 5.04. The lowest BCUT2D eigenvalue weighted by molar-refractivity contribution is -0.140. The van der Waals surface area contributed by atoms with E-state index in [1.54, 1.807) is 0 Å². The van der Waals surface area contributed by atoms with Gasteiger partial charge in [0.25, 0.3) is 0 Å². The number of hydrogen-bond acceptors (Lipinski definition) is 3. The van der Waals surface area contributed by atoms with Crippen LogP contribution in [-0.4, -0.2) is 41.5 Å². The molecule has 19 heavy (non-hydrogen) atoms. The Labute approximate surface area is 116 Å². The first-order valence-corrected chi connectivity index (χ1v) is 7.92. The van der Waals surface area contributed by atoms with Gasteiger partial charge in [0.15, 0.2) is 0 Å². The predicted octanol–water partition coefficient (Wildman–Crippen LogP) is 2.23. The molecule has 3 heteroatoms. The standard InChI is InChI=1S/C16H27NO2/c1-15(2)12-6-7-16(15,13(18)10-12)14(19)11-17-8-4-3-5-9-17/h12,14,19H,3-11H2,1-2H3/t12-,14-,16+/m1/s1. The second-order valence-corrected chi connectivity index (χ2v) is 7.43. The van der Waals surface area contributed by atoms with Gasteiger partial charge in [-0.1, -0.05) is 20.3 Å². The second kappa shape index (κ2) is 4.56. The van der Waals surface area contributed by atoms with Gasteiger partial charge in [0.2, 0.25) is 0 Å². The van der Waals surface area contributed by atoms with Crippen molar-refractivity contribution in [2.24, 2.45) is 16.7 Å². The Balaban J connectivity index is 1.77. The van der Waals surface area contributed by atoms with Crippen molar-refractivity contribution >= 4 is 5.78 Å². The van der Waals surface area contributed by atoms with Crippen LogP contribution in [0.5, 0.6) is 0 Å². The SMILES string of the molecule is CC1(C)[C@@H]2CC[C@@]1([C@H](O)CN1CCCCC1)C(=O)C2. The highest BCUT2D eigenvalue weighted by Gasteiger charge is 2.67. The van der Waals surface area contributed by atoms with Crippen LogP contribution in [0.25, 0.3) is 0 Å². The summed E-state index contributed by atoms with van der Waals surface area (Å²) in [5, 5.41) is 10.8. The maximum atomic E-state index is 12.5. The van der Waals surface area contributed by atoms with Gasteiger partial charge < -0.3 is 10.0 Å². The van der Waals surface area contributed by atoms with Crippen molar-refractivity contribution in [3.63, 3.8) is 0 Å². The number of β-amino-alcohol motifs (C(OH)–C–C–N with tert-alkyl or cyclic N) is 1. The Morgan fingerprint density at radius 1 is 1.32 bits per heavy atom. The maximum Gasteiger partial charge on any atom is 0.142 e. The highest BCUT2D eigenvalue weighted by atomic mass is 16.3. The number of aliphatic hydroxyl groups is 1. The minimum absolute atomic E-state index is 0.0146. The lowest BCUT2D eigenvalue weighted by atomic mass is 9.65. The van der Waals surface area contributed by atoms with Crippen molar-refractivity contribution in [3.8, 4) is 0 Å². The predicted molar refractivity (Wildman–Crippen MR) is 74.9 cm³/mol. The summed E-state index contributed by atoms with van der Waals surface area (Å²) in [6.45, 7) is 7.28. The second-order valence-electron chi connectivity index (χ2n) is 7.43. The molecule has 0 radical (unpaired) electrons. The molecule has 0 aromatic rings. The summed E-state index contributed by atoms with van der Waals surface area (Å²) < 4.78 is 0. The van der Waals surface area contributed by atoms with Crippen LogP contribution >= 0.6 is 0 Å². The zero-order valence-electron chi connectivity index (χ0n) is 12.3. The third-order valence-electron chi connectivity index (χ3n) is 6.44. The fraction of sp³-hybridized carbons (Fsp3) is 0.938. The Kier molecular flexibility index (Phi) is 3.25. The van der Waals surface area contributed by atoms with Gasteiger partial charge in [-0.05, 0) is 50.1 Å². The largest absolute Gasteiger partial charge is 0.391 e. The summed E-state index contributed by atoms with van der Waals surface area (Å²) in [6.07, 6.45) is 6.03. The molecule has 2 bridgehead atoms. The van der Waals surface area contributed by atoms with E-state index in [0.29, 0.717) is 24.7 Å². The highest BCUT2D eigenvalue weighted by Crippen LogP contribution is 2.65. The van der Waals surface area contributed by atoms with Crippen LogP contribution in [0, 0.1) is 16.7 Å². The molecule has 0 amide bonds. The van der Waals surface area contributed by atoms with Gasteiger partial charge >= 0.3 is 0 Å². The van der Waals surface area contributed by atoms with Gasteiger partial charge in [0.05, 0.1) is 11.5 Å². The molecule has 1 aliphatic heterocycles. The molecule has 1 heterocycles. The number of carbonyl (C=O) groups excluding carboxylic acids is 1. The van der Waals surface area contributed by atoms with E-state index >= 15 is 0 Å². The minimum atomic E-state index is -0.472. The number of rotatable bonds is 3. The van der Waals surface area contributed by atoms with Crippen LogP contribution in [-0.2, 0) is 4.79 Å². The molecule has 3 rings (SSSR count). The Morgan fingerprint density at radius 2 is 2.00 bits per heavy atom. The number of aliphatic hydroxyl groups excluding tert-OH is 1. The monoisotopic (exact) mass is 265 g/mol. The zero-order valence-corrected chi connectivity index (χ0v) is 12.3. The maximum absolute atomic E-state index is 12.5. The fourth-order valence-corrected chi connectivity index (χ4v) is 5.04. The van der Waals surface area contributed by atoms with E-state index in [4.69, 9.17) is 0 Å². The first-order valence-electron chi connectivity index (χ1n) is 7.92. The van der Waals surface area contributed by atoms with E-state index in [1.165, 1.54) is 19.3 Å². The van der Waals surface area contributed by atoms with E-state index in [9.17, 15) is 9.90 Å². The van der Waals surface area contributed by atoms with Crippen molar-refractivity contribution < 1.29 is 9.90 Å². The molecule has 1 saturated heterocycles. The number of piperidine rings is 1. The van der Waals surface area contributed by atoms with E-state index < -0.39 is 11.5 Å². The lowest BCUT2D eigenvalue weighted by Gasteiger charge is -2.42. The number of fused-ring (bicyclic) bond motifs is 2. The molecule has 3 atom stereocenters. The normalized spacial score (nSPS) is 39.7. The summed E-state index contributed by atoms with van der Waals surface area (Å²) in [6, 6.07) is 0. The molecule has 3 fully saturated rings. The topological polar surface area (TPSA) is 40.5 Å². The van der Waals surface area contributed by atoms with E-state index in [2.05, 4.69) is 18.7 Å². The molecular weight excluding hydrogens is 238 g/mol. The smallest absolute Gasteiger partial charge is 0.142 e. The van der Waals surface area contributed by atoms with Crippen molar-refractivity contribution in [1.82, 2.24) is 4.90 Å². The molecule has 0 aromatic heterocycles. The summed E-state index contributed by atoms with van der Waals surface area (Å²) in [5.41, 5.74) is -0.464. The van der Waals surface area contributed by atoms with Gasteiger partial charge in [-0.2, -0.15) is 0 Å². The lowest BCUT2D eigenvalue weighted by Crippen LogP contribution is -2.51. The Bertz CT molecular complexity index is 373. The zero-order chi connectivity index (χ0) is 13.7. The number of likely N-dealkylation sites (tertiary alicyclic amines) is 1. The van der Waals surface area contributed by atoms with Crippen molar-refractivity contribution in [2.75, 3.05) is 19.6 Å². The van der Waals surface area contributed by atoms with Crippen molar-refractivity contribution in [2.45, 2.75) is 58.5 Å². The molecule has 0 spiro atoms. The van der Waals surface area contributed by atoms with E-state index in [0.717, 1.165) is 25.9 Å². The number of Topliss-reactive ketones (excluding diaryl/α,β-unsaturated/α-hetero) is 1. The van der Waals surface area contributed by atoms with Crippen LogP contribution in [0.1, 0.15) is 52.4 Å². The van der Waals surface area contributed by atoms with Crippen molar-refractivity contribution in [1.29, 1.82) is 0 Å². The number of nitrogens with zero attached hydrogens (tertiary/aromatic N) is 1. The Morgan fingerprint density at radius 3 is 2.53 bits per heavy atom. The summed E-state index contributed by atoms with van der Waals surface area (Å²) in [5.74, 6) is 0.828. The molecule has 1 N–H and O–H groups in total. The minimum Gasteiger partial charge on any atom is -0.391 e. The van der Waals surface area contributed by atoms with Gasteiger partial charge in [0.1, 0.15) is 5.78 Å². The summed E-state index contributed by atoms with van der Waals surface area (Å²) in [4.78, 5) is 14.8. The van der Waals surface area contributed by atoms with Gasteiger partial charge in [-0.15, -0.1) is 0 Å². The van der Waals surface area contributed by atoms with Crippen LogP contribution in [0.3, 0.4) is 0 Å². The number of ketones is 1. The van der Waals surface area contributed by atoms with Crippen LogP contribution in [0.2, 0.25) is 0 Å². The van der Waals surface area contributed by atoms with Crippen LogP contribution in [0.4, 0.5) is 0 Å². The van der Waals surface area contributed by atoms with Crippen LogP contribution in [0.15, 0.2) is 0 Å². The van der Waals surface area contributed by atoms with E-state index in [1.807, 2.05) is 0 Å². The van der Waals surface area contributed by atoms with Crippen molar-refractivity contribution in [3.05, 3.63) is 0 Å². The molecule has 3 nitrogen and oxygen atoms in total. The molecule has 2 aliphatic carbocycles. The first kappa shape index (κ1) is 13.6. The molecule has 0 aromatic carbocycles. The van der Waals surface area contributed by atoms with E-state index in [-0.39, 0.29) is 5.41 Å². The quantitative estimate of drug-likeness (QED) is 0.850. The molecule has 3 aliphatic rings. The average Bonchev–Trinajstić information content (AvgIpc) is 2.74. The highest BCUT2D eigenvalue weighted by molar-refractivity contribution is 5.90.